The van der Waals surface area contributed by atoms with Crippen LogP contribution in [0, 0.1) is 0 Å². The smallest absolute Gasteiger partial charge is 0.414 e. The molecular formula is C12H14N2O3. The maximum atomic E-state index is 11.7. The van der Waals surface area contributed by atoms with Crippen molar-refractivity contribution in [2.45, 2.75) is 12.8 Å². The SMILES string of the molecule is NC(=O)c1ccccc1N1CCCCOC1=O. The summed E-state index contributed by atoms with van der Waals surface area (Å²) in [5.41, 5.74) is 6.15. The van der Waals surface area contributed by atoms with Gasteiger partial charge in [-0.05, 0) is 25.0 Å². The van der Waals surface area contributed by atoms with Crippen molar-refractivity contribution in [1.29, 1.82) is 0 Å². The van der Waals surface area contributed by atoms with Crippen molar-refractivity contribution in [2.24, 2.45) is 5.73 Å². The van der Waals surface area contributed by atoms with Crippen LogP contribution in [0.4, 0.5) is 10.5 Å². The number of nitrogens with two attached hydrogens (primary N) is 1. The Hall–Kier alpha value is -2.04. The van der Waals surface area contributed by atoms with E-state index in [9.17, 15) is 9.59 Å². The number of nitrogens with zero attached hydrogens (tertiary/aromatic N) is 1. The van der Waals surface area contributed by atoms with Crippen molar-refractivity contribution < 1.29 is 14.3 Å². The zero-order valence-electron chi connectivity index (χ0n) is 9.39. The monoisotopic (exact) mass is 234 g/mol. The zero-order valence-corrected chi connectivity index (χ0v) is 9.39. The molecule has 1 aliphatic heterocycles. The lowest BCUT2D eigenvalue weighted by atomic mass is 10.1. The molecule has 0 bridgehead atoms. The molecule has 5 nitrogen and oxygen atoms in total. The molecule has 1 fully saturated rings. The Balaban J connectivity index is 2.37. The van der Waals surface area contributed by atoms with Gasteiger partial charge >= 0.3 is 6.09 Å². The van der Waals surface area contributed by atoms with Crippen LogP contribution in [-0.4, -0.2) is 25.2 Å². The van der Waals surface area contributed by atoms with Crippen LogP contribution in [0.15, 0.2) is 24.3 Å². The minimum absolute atomic E-state index is 0.339. The summed E-state index contributed by atoms with van der Waals surface area (Å²) in [5.74, 6) is -0.544. The number of ether oxygens (including phenoxy) is 1. The Labute approximate surface area is 99.2 Å². The van der Waals surface area contributed by atoms with E-state index >= 15 is 0 Å². The quantitative estimate of drug-likeness (QED) is 0.843. The van der Waals surface area contributed by atoms with Gasteiger partial charge in [0.15, 0.2) is 0 Å². The maximum Gasteiger partial charge on any atom is 0.414 e. The van der Waals surface area contributed by atoms with E-state index in [1.807, 2.05) is 0 Å². The van der Waals surface area contributed by atoms with Crippen molar-refractivity contribution in [3.63, 3.8) is 0 Å². The number of benzene rings is 1. The van der Waals surface area contributed by atoms with Gasteiger partial charge in [0, 0.05) is 6.54 Å². The third kappa shape index (κ3) is 2.38. The second-order valence-corrected chi connectivity index (χ2v) is 3.85. The van der Waals surface area contributed by atoms with Gasteiger partial charge in [-0.1, -0.05) is 12.1 Å². The van der Waals surface area contributed by atoms with Gasteiger partial charge in [0.2, 0.25) is 0 Å². The molecule has 1 saturated heterocycles. The van der Waals surface area contributed by atoms with E-state index < -0.39 is 12.0 Å². The van der Waals surface area contributed by atoms with Gasteiger partial charge in [-0.15, -0.1) is 0 Å². The molecule has 1 heterocycles. The molecule has 1 aliphatic rings. The lowest BCUT2D eigenvalue weighted by Gasteiger charge is -2.21. The van der Waals surface area contributed by atoms with Crippen LogP contribution in [0.3, 0.4) is 0 Å². The largest absolute Gasteiger partial charge is 0.449 e. The Morgan fingerprint density at radius 3 is 2.82 bits per heavy atom. The second-order valence-electron chi connectivity index (χ2n) is 3.85. The van der Waals surface area contributed by atoms with Crippen LogP contribution in [0.1, 0.15) is 23.2 Å². The summed E-state index contributed by atoms with van der Waals surface area (Å²) in [7, 11) is 0. The fourth-order valence-corrected chi connectivity index (χ4v) is 1.84. The predicted molar refractivity (Wildman–Crippen MR) is 62.9 cm³/mol. The van der Waals surface area contributed by atoms with E-state index in [1.54, 1.807) is 24.3 Å². The topological polar surface area (TPSA) is 72.6 Å². The fraction of sp³-hybridized carbons (Fsp3) is 0.333. The highest BCUT2D eigenvalue weighted by Gasteiger charge is 2.23. The third-order valence-corrected chi connectivity index (χ3v) is 2.68. The summed E-state index contributed by atoms with van der Waals surface area (Å²) in [6.07, 6.45) is 1.26. The van der Waals surface area contributed by atoms with Crippen molar-refractivity contribution >= 4 is 17.7 Å². The van der Waals surface area contributed by atoms with Crippen LogP contribution >= 0.6 is 0 Å². The molecule has 0 aromatic heterocycles. The minimum atomic E-state index is -0.544. The van der Waals surface area contributed by atoms with Gasteiger partial charge in [0.25, 0.3) is 5.91 Å². The molecule has 2 rings (SSSR count). The van der Waals surface area contributed by atoms with E-state index in [2.05, 4.69) is 0 Å². The Morgan fingerprint density at radius 2 is 2.06 bits per heavy atom. The number of para-hydroxylation sites is 1. The van der Waals surface area contributed by atoms with E-state index in [4.69, 9.17) is 10.5 Å². The average molecular weight is 234 g/mol. The summed E-state index contributed by atoms with van der Waals surface area (Å²) in [6.45, 7) is 0.969. The molecule has 0 aliphatic carbocycles. The number of amides is 2. The summed E-state index contributed by atoms with van der Waals surface area (Å²) < 4.78 is 5.04. The summed E-state index contributed by atoms with van der Waals surface area (Å²) in [6, 6.07) is 6.79. The fourth-order valence-electron chi connectivity index (χ4n) is 1.84. The second kappa shape index (κ2) is 4.86. The van der Waals surface area contributed by atoms with Crippen molar-refractivity contribution in [3.05, 3.63) is 29.8 Å². The van der Waals surface area contributed by atoms with Gasteiger partial charge in [-0.3, -0.25) is 9.69 Å². The normalized spacial score (nSPS) is 16.2. The number of anilines is 1. The standard InChI is InChI=1S/C12H14N2O3/c13-11(15)9-5-1-2-6-10(9)14-7-3-4-8-17-12(14)16/h1-2,5-6H,3-4,7-8H2,(H2,13,15). The Kier molecular flexibility index (Phi) is 3.27. The number of carbonyl (C=O) groups excluding carboxylic acids is 2. The van der Waals surface area contributed by atoms with E-state index in [0.717, 1.165) is 12.8 Å². The number of hydrogen-bond acceptors (Lipinski definition) is 3. The molecule has 0 radical (unpaired) electrons. The van der Waals surface area contributed by atoms with Crippen LogP contribution in [0.5, 0.6) is 0 Å². The number of carbonyl (C=O) groups is 2. The van der Waals surface area contributed by atoms with Crippen LogP contribution in [-0.2, 0) is 4.74 Å². The molecule has 0 spiro atoms. The molecule has 2 N–H and O–H groups in total. The van der Waals surface area contributed by atoms with Gasteiger partial charge in [0.05, 0.1) is 17.9 Å². The minimum Gasteiger partial charge on any atom is -0.449 e. The molecule has 0 atom stereocenters. The highest BCUT2D eigenvalue weighted by atomic mass is 16.6. The van der Waals surface area contributed by atoms with Crippen LogP contribution in [0.2, 0.25) is 0 Å². The van der Waals surface area contributed by atoms with E-state index in [-0.39, 0.29) is 0 Å². The molecule has 17 heavy (non-hydrogen) atoms. The van der Waals surface area contributed by atoms with Crippen LogP contribution in [0.25, 0.3) is 0 Å². The van der Waals surface area contributed by atoms with Crippen molar-refractivity contribution in [2.75, 3.05) is 18.1 Å². The number of primary amides is 1. The third-order valence-electron chi connectivity index (χ3n) is 2.68. The highest BCUT2D eigenvalue weighted by Crippen LogP contribution is 2.22. The first-order valence-electron chi connectivity index (χ1n) is 5.53. The molecule has 0 saturated carbocycles. The van der Waals surface area contributed by atoms with Crippen LogP contribution < -0.4 is 10.6 Å². The molecule has 0 unspecified atom stereocenters. The summed E-state index contributed by atoms with van der Waals surface area (Å²) in [5, 5.41) is 0. The number of hydrogen-bond donors (Lipinski definition) is 1. The number of cyclic esters (lactones) is 1. The van der Waals surface area contributed by atoms with Gasteiger partial charge in [0.1, 0.15) is 0 Å². The first-order valence-corrected chi connectivity index (χ1v) is 5.53. The van der Waals surface area contributed by atoms with Crippen molar-refractivity contribution in [3.8, 4) is 0 Å². The van der Waals surface area contributed by atoms with Gasteiger partial charge in [-0.2, -0.15) is 0 Å². The first kappa shape index (κ1) is 11.4. The molecule has 1 aromatic rings. The predicted octanol–water partition coefficient (Wildman–Crippen LogP) is 1.52. The molecular weight excluding hydrogens is 220 g/mol. The number of rotatable bonds is 2. The van der Waals surface area contributed by atoms with E-state index in [0.29, 0.717) is 24.4 Å². The molecule has 5 heteroatoms. The molecule has 90 valence electrons. The average Bonchev–Trinajstić information content (AvgIpc) is 2.54. The summed E-state index contributed by atoms with van der Waals surface area (Å²) in [4.78, 5) is 24.5. The van der Waals surface area contributed by atoms with Gasteiger partial charge in [-0.25, -0.2) is 4.79 Å². The Morgan fingerprint density at radius 1 is 1.29 bits per heavy atom. The maximum absolute atomic E-state index is 11.7. The summed E-state index contributed by atoms with van der Waals surface area (Å²) >= 11 is 0. The Bertz CT molecular complexity index is 445. The van der Waals surface area contributed by atoms with Gasteiger partial charge < -0.3 is 10.5 Å². The molecule has 2 amide bonds. The van der Waals surface area contributed by atoms with Crippen molar-refractivity contribution in [1.82, 2.24) is 0 Å². The zero-order chi connectivity index (χ0) is 12.3. The highest BCUT2D eigenvalue weighted by molar-refractivity contribution is 6.02. The molecule has 1 aromatic carbocycles. The first-order chi connectivity index (χ1) is 8.20. The lowest BCUT2D eigenvalue weighted by Crippen LogP contribution is -2.32. The van der Waals surface area contributed by atoms with E-state index in [1.165, 1.54) is 4.90 Å². The lowest BCUT2D eigenvalue weighted by molar-refractivity contribution is 0.100.